The second-order valence-corrected chi connectivity index (χ2v) is 4.13. The Morgan fingerprint density at radius 1 is 1.39 bits per heavy atom. The van der Waals surface area contributed by atoms with Crippen LogP contribution in [0.25, 0.3) is 22.2 Å². The molecule has 0 fully saturated rings. The Kier molecular flexibility index (Phi) is 2.17. The molecule has 0 unspecified atom stereocenters. The van der Waals surface area contributed by atoms with Gasteiger partial charge in [-0.1, -0.05) is 5.16 Å². The van der Waals surface area contributed by atoms with Crippen molar-refractivity contribution < 1.29 is 4.52 Å². The molecule has 3 heterocycles. The fourth-order valence-corrected chi connectivity index (χ4v) is 2.12. The van der Waals surface area contributed by atoms with Crippen molar-refractivity contribution in [1.29, 1.82) is 5.26 Å². The van der Waals surface area contributed by atoms with Gasteiger partial charge in [-0.15, -0.1) is 0 Å². The zero-order valence-electron chi connectivity index (χ0n) is 9.98. The molecule has 0 saturated heterocycles. The van der Waals surface area contributed by atoms with Crippen LogP contribution in [0.3, 0.4) is 0 Å². The van der Waals surface area contributed by atoms with Crippen LogP contribution in [0.5, 0.6) is 0 Å². The maximum atomic E-state index is 8.93. The van der Waals surface area contributed by atoms with Gasteiger partial charge < -0.3 is 9.51 Å². The number of pyridine rings is 1. The van der Waals surface area contributed by atoms with Crippen LogP contribution in [-0.2, 0) is 0 Å². The minimum absolute atomic E-state index is 0.551. The number of hydrogen-bond donors (Lipinski definition) is 1. The van der Waals surface area contributed by atoms with Gasteiger partial charge in [-0.3, -0.25) is 4.98 Å². The van der Waals surface area contributed by atoms with Gasteiger partial charge in [0, 0.05) is 23.5 Å². The molecule has 0 aliphatic rings. The Labute approximate surface area is 103 Å². The molecule has 1 N–H and O–H groups in total. The molecule has 0 radical (unpaired) electrons. The lowest BCUT2D eigenvalue weighted by Gasteiger charge is -1.99. The fourth-order valence-electron chi connectivity index (χ4n) is 2.12. The van der Waals surface area contributed by atoms with E-state index in [9.17, 15) is 0 Å². The zero-order valence-corrected chi connectivity index (χ0v) is 9.98. The van der Waals surface area contributed by atoms with Crippen molar-refractivity contribution in [2.75, 3.05) is 0 Å². The average molecular weight is 238 g/mol. The fraction of sp³-hybridized carbons (Fsp3) is 0.154. The van der Waals surface area contributed by atoms with E-state index in [1.807, 2.05) is 19.9 Å². The summed E-state index contributed by atoms with van der Waals surface area (Å²) in [5.74, 6) is 0.765. The first-order valence-electron chi connectivity index (χ1n) is 5.51. The van der Waals surface area contributed by atoms with Crippen molar-refractivity contribution in [2.24, 2.45) is 0 Å². The van der Waals surface area contributed by atoms with Crippen LogP contribution < -0.4 is 0 Å². The highest BCUT2D eigenvalue weighted by atomic mass is 16.5. The monoisotopic (exact) mass is 238 g/mol. The smallest absolute Gasteiger partial charge is 0.141 e. The van der Waals surface area contributed by atoms with Gasteiger partial charge in [-0.25, -0.2) is 0 Å². The van der Waals surface area contributed by atoms with Crippen LogP contribution in [-0.4, -0.2) is 15.1 Å². The van der Waals surface area contributed by atoms with Crippen molar-refractivity contribution in [3.8, 4) is 17.2 Å². The summed E-state index contributed by atoms with van der Waals surface area (Å²) in [6.45, 7) is 3.76. The molecule has 0 aliphatic carbocycles. The van der Waals surface area contributed by atoms with Gasteiger partial charge in [0.2, 0.25) is 0 Å². The van der Waals surface area contributed by atoms with E-state index in [4.69, 9.17) is 9.78 Å². The minimum Gasteiger partial charge on any atom is -0.361 e. The lowest BCUT2D eigenvalue weighted by atomic mass is 10.1. The van der Waals surface area contributed by atoms with E-state index in [-0.39, 0.29) is 0 Å². The second kappa shape index (κ2) is 3.70. The van der Waals surface area contributed by atoms with Crippen molar-refractivity contribution in [1.82, 2.24) is 15.1 Å². The molecule has 18 heavy (non-hydrogen) atoms. The van der Waals surface area contributed by atoms with E-state index in [2.05, 4.69) is 21.2 Å². The predicted molar refractivity (Wildman–Crippen MR) is 65.8 cm³/mol. The summed E-state index contributed by atoms with van der Waals surface area (Å²) in [6.07, 6.45) is 3.40. The zero-order chi connectivity index (χ0) is 12.7. The summed E-state index contributed by atoms with van der Waals surface area (Å²) in [7, 11) is 0. The first kappa shape index (κ1) is 10.5. The standard InChI is InChI=1S/C13H10N4O/c1-7-12(8(2)18-17-7)9-3-11-13(16-5-9)10(4-14)6-15-11/h3,5-6,15H,1-2H3. The normalized spacial score (nSPS) is 10.7. The number of aromatic nitrogens is 3. The van der Waals surface area contributed by atoms with Crippen LogP contribution in [0.4, 0.5) is 0 Å². The van der Waals surface area contributed by atoms with E-state index in [0.29, 0.717) is 11.1 Å². The van der Waals surface area contributed by atoms with Gasteiger partial charge in [0.25, 0.3) is 0 Å². The number of fused-ring (bicyclic) bond motifs is 1. The summed E-state index contributed by atoms with van der Waals surface area (Å²) in [6, 6.07) is 4.06. The molecule has 0 aliphatic heterocycles. The third-order valence-electron chi connectivity index (χ3n) is 2.96. The average Bonchev–Trinajstić information content (AvgIpc) is 2.92. The summed E-state index contributed by atoms with van der Waals surface area (Å²) in [5.41, 5.74) is 4.80. The van der Waals surface area contributed by atoms with Gasteiger partial charge in [0.1, 0.15) is 17.3 Å². The summed E-state index contributed by atoms with van der Waals surface area (Å²) < 4.78 is 5.15. The van der Waals surface area contributed by atoms with Gasteiger partial charge in [-0.05, 0) is 19.9 Å². The minimum atomic E-state index is 0.551. The topological polar surface area (TPSA) is 78.5 Å². The van der Waals surface area contributed by atoms with Crippen LogP contribution in [0.1, 0.15) is 17.0 Å². The van der Waals surface area contributed by atoms with Crippen LogP contribution in [0.15, 0.2) is 23.0 Å². The molecular weight excluding hydrogens is 228 g/mol. The molecule has 0 atom stereocenters. The highest BCUT2D eigenvalue weighted by Gasteiger charge is 2.13. The highest BCUT2D eigenvalue weighted by molar-refractivity contribution is 5.85. The second-order valence-electron chi connectivity index (χ2n) is 4.13. The molecule has 88 valence electrons. The van der Waals surface area contributed by atoms with Gasteiger partial charge in [0.05, 0.1) is 16.8 Å². The molecular formula is C13H10N4O. The molecule has 3 aromatic rings. The molecule has 3 rings (SSSR count). The van der Waals surface area contributed by atoms with E-state index in [1.54, 1.807) is 12.4 Å². The Morgan fingerprint density at radius 3 is 2.89 bits per heavy atom. The molecule has 0 bridgehead atoms. The Hall–Kier alpha value is -2.61. The third-order valence-corrected chi connectivity index (χ3v) is 2.96. The summed E-state index contributed by atoms with van der Waals surface area (Å²) in [5, 5.41) is 12.9. The van der Waals surface area contributed by atoms with E-state index < -0.39 is 0 Å². The van der Waals surface area contributed by atoms with Gasteiger partial charge in [-0.2, -0.15) is 5.26 Å². The molecule has 5 heteroatoms. The van der Waals surface area contributed by atoms with Crippen LogP contribution in [0.2, 0.25) is 0 Å². The van der Waals surface area contributed by atoms with Gasteiger partial charge >= 0.3 is 0 Å². The van der Waals surface area contributed by atoms with E-state index in [1.165, 1.54) is 0 Å². The third kappa shape index (κ3) is 1.39. The first-order chi connectivity index (χ1) is 8.70. The maximum Gasteiger partial charge on any atom is 0.141 e. The predicted octanol–water partition coefficient (Wildman–Crippen LogP) is 2.71. The number of rotatable bonds is 1. The first-order valence-corrected chi connectivity index (χ1v) is 5.51. The molecule has 0 amide bonds. The summed E-state index contributed by atoms with van der Waals surface area (Å²) >= 11 is 0. The highest BCUT2D eigenvalue weighted by Crippen LogP contribution is 2.28. The molecule has 5 nitrogen and oxygen atoms in total. The number of hydrogen-bond acceptors (Lipinski definition) is 4. The molecule has 0 aromatic carbocycles. The van der Waals surface area contributed by atoms with Crippen LogP contribution >= 0.6 is 0 Å². The summed E-state index contributed by atoms with van der Waals surface area (Å²) in [4.78, 5) is 7.37. The lowest BCUT2D eigenvalue weighted by Crippen LogP contribution is -1.85. The number of nitriles is 1. The maximum absolute atomic E-state index is 8.93. The van der Waals surface area contributed by atoms with Crippen molar-refractivity contribution in [2.45, 2.75) is 13.8 Å². The van der Waals surface area contributed by atoms with Crippen molar-refractivity contribution in [3.63, 3.8) is 0 Å². The largest absolute Gasteiger partial charge is 0.361 e. The molecule has 0 saturated carbocycles. The molecule has 3 aromatic heterocycles. The Balaban J connectivity index is 2.24. The lowest BCUT2D eigenvalue weighted by molar-refractivity contribution is 0.393. The quantitative estimate of drug-likeness (QED) is 0.706. The number of nitrogens with zero attached hydrogens (tertiary/aromatic N) is 3. The number of nitrogens with one attached hydrogen (secondary N) is 1. The SMILES string of the molecule is Cc1noc(C)c1-c1cnc2c(C#N)c[nH]c2c1. The van der Waals surface area contributed by atoms with E-state index >= 15 is 0 Å². The number of aromatic amines is 1. The van der Waals surface area contributed by atoms with Crippen LogP contribution in [0, 0.1) is 25.2 Å². The van der Waals surface area contributed by atoms with Gasteiger partial charge in [0.15, 0.2) is 0 Å². The number of aryl methyl sites for hydroxylation is 2. The Morgan fingerprint density at radius 2 is 2.22 bits per heavy atom. The van der Waals surface area contributed by atoms with Crippen molar-refractivity contribution in [3.05, 3.63) is 35.5 Å². The van der Waals surface area contributed by atoms with E-state index in [0.717, 1.165) is 28.1 Å². The number of H-pyrrole nitrogens is 1. The Bertz CT molecular complexity index is 756. The molecule has 0 spiro atoms. The van der Waals surface area contributed by atoms with Crippen molar-refractivity contribution >= 4 is 11.0 Å².